The highest BCUT2D eigenvalue weighted by atomic mass is 16.2. The first-order valence-corrected chi connectivity index (χ1v) is 9.66. The molecule has 3 rings (SSSR count). The number of aryl methyl sites for hydroxylation is 1. The van der Waals surface area contributed by atoms with Crippen molar-refractivity contribution in [3.05, 3.63) is 35.4 Å². The molecule has 0 bridgehead atoms. The smallest absolute Gasteiger partial charge is 0.234 e. The highest BCUT2D eigenvalue weighted by molar-refractivity contribution is 5.78. The number of hydrogen-bond acceptors (Lipinski definition) is 2. The zero-order chi connectivity index (χ0) is 17.1. The Bertz CT molecular complexity index is 541. The van der Waals surface area contributed by atoms with Gasteiger partial charge in [-0.15, -0.1) is 0 Å². The molecule has 0 spiro atoms. The van der Waals surface area contributed by atoms with Gasteiger partial charge in [0.1, 0.15) is 0 Å². The maximum atomic E-state index is 12.7. The predicted octanol–water partition coefficient (Wildman–Crippen LogP) is 4.22. The van der Waals surface area contributed by atoms with Gasteiger partial charge in [-0.1, -0.05) is 42.7 Å². The summed E-state index contributed by atoms with van der Waals surface area (Å²) in [5.41, 5.74) is 2.53. The molecule has 0 heterocycles. The third-order valence-electron chi connectivity index (χ3n) is 5.63. The van der Waals surface area contributed by atoms with Crippen molar-refractivity contribution in [1.29, 1.82) is 0 Å². The van der Waals surface area contributed by atoms with Crippen LogP contribution in [-0.4, -0.2) is 29.4 Å². The number of hydrogen-bond donors (Lipinski definition) is 1. The van der Waals surface area contributed by atoms with Crippen molar-refractivity contribution in [3.63, 3.8) is 0 Å². The summed E-state index contributed by atoms with van der Waals surface area (Å²) in [7, 11) is 0. The first-order chi connectivity index (χ1) is 11.5. The van der Waals surface area contributed by atoms with E-state index in [4.69, 9.17) is 0 Å². The highest BCUT2D eigenvalue weighted by Crippen LogP contribution is 2.41. The summed E-state index contributed by atoms with van der Waals surface area (Å²) in [5, 5.41) is 3.34. The SMILES string of the molecule is Cc1ccc(C(NC(=O)CN(C(C)C)C2CCCC2)C2CC2)cc1. The minimum Gasteiger partial charge on any atom is -0.348 e. The number of rotatable bonds is 7. The summed E-state index contributed by atoms with van der Waals surface area (Å²) in [6.45, 7) is 7.07. The molecular weight excluding hydrogens is 296 g/mol. The number of benzene rings is 1. The molecule has 1 amide bonds. The summed E-state index contributed by atoms with van der Waals surface area (Å²) in [4.78, 5) is 15.1. The summed E-state index contributed by atoms with van der Waals surface area (Å²) in [6, 6.07) is 9.86. The van der Waals surface area contributed by atoms with Crippen LogP contribution in [-0.2, 0) is 4.79 Å². The van der Waals surface area contributed by atoms with Crippen molar-refractivity contribution in [1.82, 2.24) is 10.2 Å². The van der Waals surface area contributed by atoms with Crippen LogP contribution in [0.4, 0.5) is 0 Å². The molecule has 0 radical (unpaired) electrons. The molecule has 1 unspecified atom stereocenters. The van der Waals surface area contributed by atoms with Crippen molar-refractivity contribution in [2.75, 3.05) is 6.54 Å². The standard InChI is InChI=1S/C21H32N2O/c1-15(2)23(19-6-4-5-7-19)14-20(24)22-21(18-12-13-18)17-10-8-16(3)9-11-17/h8-11,15,18-19,21H,4-7,12-14H2,1-3H3,(H,22,24). The Morgan fingerprint density at radius 1 is 1.12 bits per heavy atom. The molecule has 1 atom stereocenters. The predicted molar refractivity (Wildman–Crippen MR) is 98.9 cm³/mol. The lowest BCUT2D eigenvalue weighted by molar-refractivity contribution is -0.124. The van der Waals surface area contributed by atoms with Crippen LogP contribution in [0.1, 0.15) is 69.5 Å². The van der Waals surface area contributed by atoms with E-state index in [0.717, 1.165) is 0 Å². The van der Waals surface area contributed by atoms with E-state index in [0.29, 0.717) is 24.5 Å². The molecule has 2 aliphatic carbocycles. The van der Waals surface area contributed by atoms with Gasteiger partial charge < -0.3 is 5.32 Å². The summed E-state index contributed by atoms with van der Waals surface area (Å²) in [6.07, 6.45) is 7.57. The largest absolute Gasteiger partial charge is 0.348 e. The van der Waals surface area contributed by atoms with Gasteiger partial charge in [-0.25, -0.2) is 0 Å². The van der Waals surface area contributed by atoms with Crippen LogP contribution in [0, 0.1) is 12.8 Å². The Kier molecular flexibility index (Phi) is 5.60. The van der Waals surface area contributed by atoms with E-state index >= 15 is 0 Å². The molecule has 3 heteroatoms. The quantitative estimate of drug-likeness (QED) is 0.813. The normalized spacial score (nSPS) is 19.9. The van der Waals surface area contributed by atoms with Crippen molar-refractivity contribution in [2.45, 2.75) is 77.4 Å². The van der Waals surface area contributed by atoms with Crippen LogP contribution in [0.2, 0.25) is 0 Å². The van der Waals surface area contributed by atoms with E-state index in [9.17, 15) is 4.79 Å². The Labute approximate surface area is 146 Å². The van der Waals surface area contributed by atoms with Crippen LogP contribution in [0.25, 0.3) is 0 Å². The molecule has 24 heavy (non-hydrogen) atoms. The second-order valence-electron chi connectivity index (χ2n) is 8.00. The Morgan fingerprint density at radius 2 is 1.75 bits per heavy atom. The van der Waals surface area contributed by atoms with Crippen molar-refractivity contribution in [2.24, 2.45) is 5.92 Å². The molecule has 1 aromatic carbocycles. The van der Waals surface area contributed by atoms with Gasteiger partial charge in [0.05, 0.1) is 12.6 Å². The van der Waals surface area contributed by atoms with Crippen molar-refractivity contribution in [3.8, 4) is 0 Å². The molecule has 0 aromatic heterocycles. The van der Waals surface area contributed by atoms with Gasteiger partial charge >= 0.3 is 0 Å². The molecular formula is C21H32N2O. The first-order valence-electron chi connectivity index (χ1n) is 9.66. The van der Waals surface area contributed by atoms with E-state index in [2.05, 4.69) is 55.3 Å². The van der Waals surface area contributed by atoms with Crippen molar-refractivity contribution < 1.29 is 4.79 Å². The van der Waals surface area contributed by atoms with Crippen LogP contribution >= 0.6 is 0 Å². The Morgan fingerprint density at radius 3 is 2.29 bits per heavy atom. The summed E-state index contributed by atoms with van der Waals surface area (Å²) < 4.78 is 0. The zero-order valence-electron chi connectivity index (χ0n) is 15.4. The second kappa shape index (κ2) is 7.69. The molecule has 3 nitrogen and oxygen atoms in total. The minimum atomic E-state index is 0.188. The molecule has 1 aromatic rings. The third-order valence-corrected chi connectivity index (χ3v) is 5.63. The zero-order valence-corrected chi connectivity index (χ0v) is 15.4. The van der Waals surface area contributed by atoms with Gasteiger partial charge in [-0.3, -0.25) is 9.69 Å². The average Bonchev–Trinajstić information content (AvgIpc) is 3.25. The van der Waals surface area contributed by atoms with Gasteiger partial charge in [0.25, 0.3) is 0 Å². The number of amides is 1. The third kappa shape index (κ3) is 4.38. The molecule has 2 fully saturated rings. The van der Waals surface area contributed by atoms with E-state index in [-0.39, 0.29) is 11.9 Å². The maximum absolute atomic E-state index is 12.7. The lowest BCUT2D eigenvalue weighted by atomic mass is 10.0. The fraction of sp³-hybridized carbons (Fsp3) is 0.667. The van der Waals surface area contributed by atoms with Crippen LogP contribution in [0.15, 0.2) is 24.3 Å². The Balaban J connectivity index is 1.63. The minimum absolute atomic E-state index is 0.188. The molecule has 2 aliphatic rings. The van der Waals surface area contributed by atoms with Gasteiger partial charge in [-0.05, 0) is 57.9 Å². The Hall–Kier alpha value is -1.35. The molecule has 0 saturated heterocycles. The monoisotopic (exact) mass is 328 g/mol. The van der Waals surface area contributed by atoms with E-state index in [1.807, 2.05) is 0 Å². The van der Waals surface area contributed by atoms with Crippen LogP contribution in [0.3, 0.4) is 0 Å². The summed E-state index contributed by atoms with van der Waals surface area (Å²) >= 11 is 0. The highest BCUT2D eigenvalue weighted by Gasteiger charge is 2.34. The average molecular weight is 329 g/mol. The van der Waals surface area contributed by atoms with Crippen LogP contribution in [0.5, 0.6) is 0 Å². The lowest BCUT2D eigenvalue weighted by Gasteiger charge is -2.32. The van der Waals surface area contributed by atoms with E-state index in [1.54, 1.807) is 0 Å². The maximum Gasteiger partial charge on any atom is 0.234 e. The van der Waals surface area contributed by atoms with E-state index in [1.165, 1.54) is 49.7 Å². The first kappa shape index (κ1) is 17.5. The topological polar surface area (TPSA) is 32.3 Å². The van der Waals surface area contributed by atoms with Gasteiger partial charge in [-0.2, -0.15) is 0 Å². The summed E-state index contributed by atoms with van der Waals surface area (Å²) in [5.74, 6) is 0.809. The fourth-order valence-corrected chi connectivity index (χ4v) is 4.03. The lowest BCUT2D eigenvalue weighted by Crippen LogP contribution is -2.46. The van der Waals surface area contributed by atoms with Gasteiger partial charge in [0, 0.05) is 12.1 Å². The van der Waals surface area contributed by atoms with Gasteiger partial charge in [0.15, 0.2) is 0 Å². The number of carbonyl (C=O) groups excluding carboxylic acids is 1. The molecule has 2 saturated carbocycles. The number of carbonyl (C=O) groups is 1. The molecule has 1 N–H and O–H groups in total. The van der Waals surface area contributed by atoms with Gasteiger partial charge in [0.2, 0.25) is 5.91 Å². The number of nitrogens with zero attached hydrogens (tertiary/aromatic N) is 1. The number of nitrogens with one attached hydrogen (secondary N) is 1. The molecule has 132 valence electrons. The molecule has 0 aliphatic heterocycles. The van der Waals surface area contributed by atoms with Crippen LogP contribution < -0.4 is 5.32 Å². The van der Waals surface area contributed by atoms with E-state index < -0.39 is 0 Å². The fourth-order valence-electron chi connectivity index (χ4n) is 4.03. The second-order valence-corrected chi connectivity index (χ2v) is 8.00. The van der Waals surface area contributed by atoms with Crippen molar-refractivity contribution >= 4 is 5.91 Å².